The Morgan fingerprint density at radius 2 is 2.19 bits per heavy atom. The number of nitrogens with zero attached hydrogens (tertiary/aromatic N) is 4. The van der Waals surface area contributed by atoms with E-state index in [9.17, 15) is 4.79 Å². The molecule has 21 heavy (non-hydrogen) atoms. The van der Waals surface area contributed by atoms with Crippen LogP contribution in [-0.4, -0.2) is 70.9 Å². The maximum atomic E-state index is 12.7. The fraction of sp³-hybridized carbons (Fsp3) is 0.733. The van der Waals surface area contributed by atoms with Crippen molar-refractivity contribution in [2.45, 2.75) is 31.4 Å². The van der Waals surface area contributed by atoms with E-state index in [0.29, 0.717) is 12.1 Å². The molecule has 1 aromatic rings. The Kier molecular flexibility index (Phi) is 4.26. The van der Waals surface area contributed by atoms with E-state index >= 15 is 0 Å². The van der Waals surface area contributed by atoms with Crippen LogP contribution in [0.25, 0.3) is 0 Å². The van der Waals surface area contributed by atoms with E-state index in [1.165, 1.54) is 12.8 Å². The minimum Gasteiger partial charge on any atom is -0.380 e. The third kappa shape index (κ3) is 3.11. The molecule has 2 aliphatic rings. The summed E-state index contributed by atoms with van der Waals surface area (Å²) in [6.45, 7) is 3.96. The first kappa shape index (κ1) is 14.5. The van der Waals surface area contributed by atoms with Gasteiger partial charge < -0.3 is 14.5 Å². The highest BCUT2D eigenvalue weighted by Crippen LogP contribution is 2.24. The third-order valence-corrected chi connectivity index (χ3v) is 4.59. The minimum absolute atomic E-state index is 0.0758. The zero-order chi connectivity index (χ0) is 14.8. The molecule has 0 N–H and O–H groups in total. The molecule has 3 rings (SSSR count). The predicted octanol–water partition coefficient (Wildman–Crippen LogP) is 0.745. The van der Waals surface area contributed by atoms with Crippen molar-refractivity contribution in [1.29, 1.82) is 0 Å². The molecule has 0 aromatic carbocycles. The van der Waals surface area contributed by atoms with Gasteiger partial charge >= 0.3 is 0 Å². The molecule has 2 fully saturated rings. The number of rotatable bonds is 4. The number of aryl methyl sites for hydroxylation is 1. The average Bonchev–Trinajstić information content (AvgIpc) is 3.19. The summed E-state index contributed by atoms with van der Waals surface area (Å²) in [7, 11) is 3.57. The van der Waals surface area contributed by atoms with Gasteiger partial charge in [-0.1, -0.05) is 0 Å². The van der Waals surface area contributed by atoms with E-state index in [1.807, 2.05) is 11.9 Å². The van der Waals surface area contributed by atoms with Gasteiger partial charge in [-0.2, -0.15) is 5.10 Å². The second kappa shape index (κ2) is 6.15. The molecule has 3 heterocycles. The molecule has 1 amide bonds. The Morgan fingerprint density at radius 1 is 1.43 bits per heavy atom. The fourth-order valence-electron chi connectivity index (χ4n) is 3.43. The van der Waals surface area contributed by atoms with Crippen molar-refractivity contribution in [2.75, 3.05) is 33.3 Å². The van der Waals surface area contributed by atoms with Crippen LogP contribution in [0.3, 0.4) is 0 Å². The lowest BCUT2D eigenvalue weighted by Gasteiger charge is -2.27. The first-order valence-corrected chi connectivity index (χ1v) is 7.72. The number of ether oxygens (including phenoxy) is 1. The van der Waals surface area contributed by atoms with Gasteiger partial charge in [0.05, 0.1) is 17.9 Å². The monoisotopic (exact) mass is 292 g/mol. The van der Waals surface area contributed by atoms with Crippen LogP contribution < -0.4 is 0 Å². The standard InChI is InChI=1S/C15H24N4O2/c1-17-9-12(8-16-17)15(20)19-11-14(21-2)7-13(19)10-18-5-3-4-6-18/h8-9,13-14H,3-7,10-11H2,1-2H3/t13-,14-/m0/s1. The topological polar surface area (TPSA) is 50.6 Å². The molecular formula is C15H24N4O2. The largest absolute Gasteiger partial charge is 0.380 e. The molecular weight excluding hydrogens is 268 g/mol. The fourth-order valence-corrected chi connectivity index (χ4v) is 3.43. The SMILES string of the molecule is CO[C@H]1C[C@@H](CN2CCCC2)N(C(=O)c2cnn(C)c2)C1. The van der Waals surface area contributed by atoms with Crippen molar-refractivity contribution >= 4 is 5.91 Å². The maximum absolute atomic E-state index is 12.7. The number of hydrogen-bond acceptors (Lipinski definition) is 4. The number of aromatic nitrogens is 2. The molecule has 2 saturated heterocycles. The number of hydrogen-bond donors (Lipinski definition) is 0. The molecule has 2 atom stereocenters. The van der Waals surface area contributed by atoms with E-state index in [-0.39, 0.29) is 18.1 Å². The Balaban J connectivity index is 1.71. The lowest BCUT2D eigenvalue weighted by Crippen LogP contribution is -2.42. The second-order valence-electron chi connectivity index (χ2n) is 6.12. The Labute approximate surface area is 125 Å². The summed E-state index contributed by atoms with van der Waals surface area (Å²) in [4.78, 5) is 17.1. The highest BCUT2D eigenvalue weighted by molar-refractivity contribution is 5.94. The first-order valence-electron chi connectivity index (χ1n) is 7.72. The van der Waals surface area contributed by atoms with Crippen molar-refractivity contribution in [3.63, 3.8) is 0 Å². The number of methoxy groups -OCH3 is 1. The zero-order valence-electron chi connectivity index (χ0n) is 12.9. The first-order chi connectivity index (χ1) is 10.2. The van der Waals surface area contributed by atoms with Crippen LogP contribution in [0.5, 0.6) is 0 Å². The summed E-state index contributed by atoms with van der Waals surface area (Å²) in [5.74, 6) is 0.0758. The van der Waals surface area contributed by atoms with Gasteiger partial charge in [0, 0.05) is 39.5 Å². The van der Waals surface area contributed by atoms with Gasteiger partial charge in [-0.05, 0) is 32.4 Å². The summed E-state index contributed by atoms with van der Waals surface area (Å²) >= 11 is 0. The number of carbonyl (C=O) groups excluding carboxylic acids is 1. The molecule has 6 nitrogen and oxygen atoms in total. The van der Waals surface area contributed by atoms with Gasteiger partial charge in [0.1, 0.15) is 0 Å². The average molecular weight is 292 g/mol. The Bertz CT molecular complexity index is 496. The van der Waals surface area contributed by atoms with Crippen LogP contribution in [0.1, 0.15) is 29.6 Å². The molecule has 1 aromatic heterocycles. The van der Waals surface area contributed by atoms with Crippen molar-refractivity contribution < 1.29 is 9.53 Å². The van der Waals surface area contributed by atoms with Gasteiger partial charge in [-0.25, -0.2) is 0 Å². The lowest BCUT2D eigenvalue weighted by molar-refractivity contribution is 0.0670. The number of likely N-dealkylation sites (tertiary alicyclic amines) is 2. The van der Waals surface area contributed by atoms with Crippen molar-refractivity contribution in [3.8, 4) is 0 Å². The highest BCUT2D eigenvalue weighted by Gasteiger charge is 2.37. The summed E-state index contributed by atoms with van der Waals surface area (Å²) in [6, 6.07) is 0.251. The highest BCUT2D eigenvalue weighted by atomic mass is 16.5. The molecule has 2 aliphatic heterocycles. The quantitative estimate of drug-likeness (QED) is 0.821. The molecule has 0 aliphatic carbocycles. The predicted molar refractivity (Wildman–Crippen MR) is 79.1 cm³/mol. The molecule has 0 unspecified atom stereocenters. The van der Waals surface area contributed by atoms with Crippen molar-refractivity contribution in [2.24, 2.45) is 7.05 Å². The van der Waals surface area contributed by atoms with Crippen LogP contribution in [0.4, 0.5) is 0 Å². The summed E-state index contributed by atoms with van der Waals surface area (Å²) in [5.41, 5.74) is 0.667. The van der Waals surface area contributed by atoms with Crippen LogP contribution in [0.15, 0.2) is 12.4 Å². The van der Waals surface area contributed by atoms with Crippen LogP contribution in [-0.2, 0) is 11.8 Å². The van der Waals surface area contributed by atoms with E-state index in [4.69, 9.17) is 4.74 Å². The van der Waals surface area contributed by atoms with Gasteiger partial charge in [-0.15, -0.1) is 0 Å². The summed E-state index contributed by atoms with van der Waals surface area (Å²) < 4.78 is 7.17. The molecule has 0 saturated carbocycles. The van der Waals surface area contributed by atoms with Gasteiger partial charge in [0.2, 0.25) is 0 Å². The van der Waals surface area contributed by atoms with Gasteiger partial charge in [0.15, 0.2) is 0 Å². The van der Waals surface area contributed by atoms with Crippen LogP contribution >= 0.6 is 0 Å². The third-order valence-electron chi connectivity index (χ3n) is 4.59. The number of carbonyl (C=O) groups is 1. The number of amides is 1. The second-order valence-corrected chi connectivity index (χ2v) is 6.12. The minimum atomic E-state index is 0.0758. The molecule has 6 heteroatoms. The van der Waals surface area contributed by atoms with E-state index in [2.05, 4.69) is 10.00 Å². The Hall–Kier alpha value is -1.40. The Morgan fingerprint density at radius 3 is 2.81 bits per heavy atom. The summed E-state index contributed by atoms with van der Waals surface area (Å²) in [6.07, 6.45) is 7.07. The van der Waals surface area contributed by atoms with Crippen molar-refractivity contribution in [1.82, 2.24) is 19.6 Å². The smallest absolute Gasteiger partial charge is 0.257 e. The van der Waals surface area contributed by atoms with E-state index < -0.39 is 0 Å². The normalized spacial score (nSPS) is 26.7. The van der Waals surface area contributed by atoms with Crippen LogP contribution in [0.2, 0.25) is 0 Å². The molecule has 0 spiro atoms. The molecule has 116 valence electrons. The molecule has 0 bridgehead atoms. The summed E-state index contributed by atoms with van der Waals surface area (Å²) in [5, 5.41) is 4.10. The van der Waals surface area contributed by atoms with Crippen LogP contribution in [0, 0.1) is 0 Å². The van der Waals surface area contributed by atoms with E-state index in [1.54, 1.807) is 24.2 Å². The van der Waals surface area contributed by atoms with Crippen molar-refractivity contribution in [3.05, 3.63) is 18.0 Å². The maximum Gasteiger partial charge on any atom is 0.257 e. The lowest BCUT2D eigenvalue weighted by atomic mass is 10.2. The van der Waals surface area contributed by atoms with E-state index in [0.717, 1.165) is 26.1 Å². The van der Waals surface area contributed by atoms with Gasteiger partial charge in [0.25, 0.3) is 5.91 Å². The van der Waals surface area contributed by atoms with Gasteiger partial charge in [-0.3, -0.25) is 9.48 Å². The molecule has 0 radical (unpaired) electrons. The zero-order valence-corrected chi connectivity index (χ0v) is 12.9.